The van der Waals surface area contributed by atoms with Crippen molar-refractivity contribution in [1.29, 1.82) is 0 Å². The van der Waals surface area contributed by atoms with E-state index < -0.39 is 0 Å². The Morgan fingerprint density at radius 1 is 1.18 bits per heavy atom. The highest BCUT2D eigenvalue weighted by atomic mass is 32.1. The zero-order chi connectivity index (χ0) is 12.1. The van der Waals surface area contributed by atoms with Gasteiger partial charge in [-0.15, -0.1) is 11.3 Å². The monoisotopic (exact) mass is 249 g/mol. The number of nitrogens with zero attached hydrogens (tertiary/aromatic N) is 1. The molecule has 1 nitrogen and oxygen atoms in total. The second-order valence-corrected chi connectivity index (χ2v) is 4.98. The highest BCUT2D eigenvalue weighted by Gasteiger charge is 2.10. The first-order valence-corrected chi connectivity index (χ1v) is 6.71. The molecule has 0 radical (unpaired) electrons. The lowest BCUT2D eigenvalue weighted by Gasteiger charge is -2.24. The largest absolute Gasteiger partial charge is 0.364 e. The second-order valence-electron chi connectivity index (χ2n) is 3.95. The van der Waals surface area contributed by atoms with Gasteiger partial charge in [-0.25, -0.2) is 4.39 Å². The quantitative estimate of drug-likeness (QED) is 0.763. The molecule has 3 heteroatoms. The third kappa shape index (κ3) is 3.07. The van der Waals surface area contributed by atoms with Crippen LogP contribution in [0.2, 0.25) is 0 Å². The van der Waals surface area contributed by atoms with Crippen molar-refractivity contribution in [1.82, 2.24) is 0 Å². The molecule has 17 heavy (non-hydrogen) atoms. The third-order valence-corrected chi connectivity index (χ3v) is 3.47. The van der Waals surface area contributed by atoms with E-state index >= 15 is 0 Å². The average molecular weight is 249 g/mol. The van der Waals surface area contributed by atoms with E-state index in [4.69, 9.17) is 0 Å². The lowest BCUT2D eigenvalue weighted by atomic mass is 10.2. The van der Waals surface area contributed by atoms with Crippen molar-refractivity contribution in [3.8, 4) is 0 Å². The predicted molar refractivity (Wildman–Crippen MR) is 72.1 cm³/mol. The molecule has 0 fully saturated rings. The number of hydrogen-bond donors (Lipinski definition) is 0. The van der Waals surface area contributed by atoms with Crippen molar-refractivity contribution < 1.29 is 4.39 Å². The maximum absolute atomic E-state index is 13.8. The molecule has 1 aromatic heterocycles. The normalized spacial score (nSPS) is 10.5. The Labute approximate surface area is 106 Å². The van der Waals surface area contributed by atoms with Gasteiger partial charge in [-0.2, -0.15) is 0 Å². The Kier molecular flexibility index (Phi) is 4.15. The number of rotatable bonds is 5. The average Bonchev–Trinajstić information content (AvgIpc) is 2.82. The highest BCUT2D eigenvalue weighted by Crippen LogP contribution is 2.22. The van der Waals surface area contributed by atoms with Crippen LogP contribution < -0.4 is 4.90 Å². The lowest BCUT2D eigenvalue weighted by Crippen LogP contribution is -2.23. The summed E-state index contributed by atoms with van der Waals surface area (Å²) < 4.78 is 13.8. The van der Waals surface area contributed by atoms with Crippen molar-refractivity contribution >= 4 is 17.0 Å². The highest BCUT2D eigenvalue weighted by molar-refractivity contribution is 7.09. The van der Waals surface area contributed by atoms with Gasteiger partial charge in [0.25, 0.3) is 0 Å². The summed E-state index contributed by atoms with van der Waals surface area (Å²) in [6, 6.07) is 11.1. The van der Waals surface area contributed by atoms with Crippen LogP contribution in [0.15, 0.2) is 41.8 Å². The predicted octanol–water partition coefficient (Wildman–Crippen LogP) is 4.30. The first kappa shape index (κ1) is 12.1. The number of hydrogen-bond acceptors (Lipinski definition) is 2. The number of para-hydroxylation sites is 1. The first-order valence-electron chi connectivity index (χ1n) is 5.83. The number of halogens is 1. The molecule has 0 N–H and O–H groups in total. The van der Waals surface area contributed by atoms with Gasteiger partial charge < -0.3 is 4.90 Å². The molecule has 2 aromatic rings. The molecule has 90 valence electrons. The van der Waals surface area contributed by atoms with Gasteiger partial charge in [0.05, 0.1) is 12.2 Å². The van der Waals surface area contributed by atoms with Crippen molar-refractivity contribution in [2.75, 3.05) is 11.4 Å². The summed E-state index contributed by atoms with van der Waals surface area (Å²) >= 11 is 1.71. The smallest absolute Gasteiger partial charge is 0.146 e. The summed E-state index contributed by atoms with van der Waals surface area (Å²) in [5.41, 5.74) is 0.697. The zero-order valence-electron chi connectivity index (χ0n) is 9.90. The van der Waals surface area contributed by atoms with E-state index in [0.29, 0.717) is 5.69 Å². The fourth-order valence-electron chi connectivity index (χ4n) is 1.85. The van der Waals surface area contributed by atoms with Crippen molar-refractivity contribution in [3.63, 3.8) is 0 Å². The minimum atomic E-state index is -0.141. The molecule has 0 atom stereocenters. The van der Waals surface area contributed by atoms with Gasteiger partial charge >= 0.3 is 0 Å². The van der Waals surface area contributed by atoms with E-state index in [1.165, 1.54) is 10.9 Å². The van der Waals surface area contributed by atoms with Crippen molar-refractivity contribution in [2.24, 2.45) is 0 Å². The minimum Gasteiger partial charge on any atom is -0.364 e. The minimum absolute atomic E-state index is 0.141. The van der Waals surface area contributed by atoms with Gasteiger partial charge in [-0.1, -0.05) is 25.1 Å². The third-order valence-electron chi connectivity index (χ3n) is 2.61. The van der Waals surface area contributed by atoms with E-state index in [0.717, 1.165) is 19.5 Å². The first-order chi connectivity index (χ1) is 8.31. The molecular formula is C14H16FNS. The molecule has 0 aliphatic carbocycles. The maximum atomic E-state index is 13.8. The topological polar surface area (TPSA) is 3.24 Å². The molecule has 0 aliphatic rings. The maximum Gasteiger partial charge on any atom is 0.146 e. The molecule has 0 amide bonds. The SMILES string of the molecule is CCCN(Cc1cccs1)c1ccccc1F. The number of thiophene rings is 1. The summed E-state index contributed by atoms with van der Waals surface area (Å²) in [6.07, 6.45) is 1.01. The molecule has 1 heterocycles. The van der Waals surface area contributed by atoms with E-state index in [2.05, 4.69) is 23.3 Å². The Morgan fingerprint density at radius 3 is 2.65 bits per heavy atom. The molecule has 0 spiro atoms. The number of anilines is 1. The standard InChI is InChI=1S/C14H16FNS/c1-2-9-16(11-12-6-5-10-17-12)14-8-4-3-7-13(14)15/h3-8,10H,2,9,11H2,1H3. The summed E-state index contributed by atoms with van der Waals surface area (Å²) in [6.45, 7) is 3.77. The van der Waals surface area contributed by atoms with E-state index in [9.17, 15) is 4.39 Å². The molecule has 1 aromatic carbocycles. The van der Waals surface area contributed by atoms with Crippen LogP contribution in [-0.2, 0) is 6.54 Å². The second kappa shape index (κ2) is 5.82. The van der Waals surface area contributed by atoms with Crippen LogP contribution in [0.4, 0.5) is 10.1 Å². The van der Waals surface area contributed by atoms with Crippen LogP contribution in [0.3, 0.4) is 0 Å². The summed E-state index contributed by atoms with van der Waals surface area (Å²) in [5.74, 6) is -0.141. The van der Waals surface area contributed by atoms with E-state index in [1.54, 1.807) is 17.4 Å². The van der Waals surface area contributed by atoms with Crippen LogP contribution in [0.1, 0.15) is 18.2 Å². The van der Waals surface area contributed by atoms with Gasteiger partial charge in [-0.3, -0.25) is 0 Å². The fraction of sp³-hybridized carbons (Fsp3) is 0.286. The van der Waals surface area contributed by atoms with E-state index in [1.807, 2.05) is 18.2 Å². The Balaban J connectivity index is 2.20. The fourth-order valence-corrected chi connectivity index (χ4v) is 2.57. The number of benzene rings is 1. The van der Waals surface area contributed by atoms with Crippen LogP contribution in [-0.4, -0.2) is 6.54 Å². The molecule has 0 unspecified atom stereocenters. The summed E-state index contributed by atoms with van der Waals surface area (Å²) in [5, 5.41) is 2.06. The van der Waals surface area contributed by atoms with Crippen molar-refractivity contribution in [3.05, 3.63) is 52.5 Å². The van der Waals surface area contributed by atoms with Gasteiger partial charge in [-0.05, 0) is 30.0 Å². The Morgan fingerprint density at radius 2 is 2.00 bits per heavy atom. The van der Waals surface area contributed by atoms with Crippen LogP contribution in [0.5, 0.6) is 0 Å². The van der Waals surface area contributed by atoms with Crippen molar-refractivity contribution in [2.45, 2.75) is 19.9 Å². The molecule has 2 rings (SSSR count). The molecule has 0 saturated carbocycles. The zero-order valence-corrected chi connectivity index (χ0v) is 10.7. The van der Waals surface area contributed by atoms with E-state index in [-0.39, 0.29) is 5.82 Å². The van der Waals surface area contributed by atoms with Crippen LogP contribution in [0, 0.1) is 5.82 Å². The Hall–Kier alpha value is -1.35. The Bertz CT molecular complexity index is 453. The molecule has 0 bridgehead atoms. The summed E-state index contributed by atoms with van der Waals surface area (Å²) in [7, 11) is 0. The van der Waals surface area contributed by atoms with Gasteiger partial charge in [0.15, 0.2) is 0 Å². The molecular weight excluding hydrogens is 233 g/mol. The van der Waals surface area contributed by atoms with Gasteiger partial charge in [0.1, 0.15) is 5.82 Å². The summed E-state index contributed by atoms with van der Waals surface area (Å²) in [4.78, 5) is 3.36. The van der Waals surface area contributed by atoms with Gasteiger partial charge in [0, 0.05) is 11.4 Å². The van der Waals surface area contributed by atoms with Crippen LogP contribution >= 0.6 is 11.3 Å². The van der Waals surface area contributed by atoms with Gasteiger partial charge in [0.2, 0.25) is 0 Å². The molecule has 0 aliphatic heterocycles. The lowest BCUT2D eigenvalue weighted by molar-refractivity contribution is 0.615. The van der Waals surface area contributed by atoms with Crippen LogP contribution in [0.25, 0.3) is 0 Å². The molecule has 0 saturated heterocycles.